The topological polar surface area (TPSA) is 36.7 Å². The van der Waals surface area contributed by atoms with Crippen molar-refractivity contribution in [2.75, 3.05) is 20.1 Å². The Balaban J connectivity index is 1.68. The number of allylic oxidation sites excluding steroid dienone is 1. The zero-order chi connectivity index (χ0) is 16.1. The number of hydrogen-bond donors (Lipinski definition) is 0. The van der Waals surface area contributed by atoms with Crippen LogP contribution in [0.25, 0.3) is 0 Å². The van der Waals surface area contributed by atoms with Gasteiger partial charge in [-0.3, -0.25) is 4.79 Å². The van der Waals surface area contributed by atoms with Gasteiger partial charge in [-0.25, -0.2) is 0 Å². The Kier molecular flexibility index (Phi) is 5.55. The number of carbonyl (C=O) groups is 1. The Morgan fingerprint density at radius 3 is 2.83 bits per heavy atom. The summed E-state index contributed by atoms with van der Waals surface area (Å²) >= 11 is 0. The molecule has 1 saturated heterocycles. The molecule has 1 aliphatic heterocycles. The van der Waals surface area contributed by atoms with Gasteiger partial charge in [-0.05, 0) is 70.8 Å². The molecule has 0 saturated carbocycles. The van der Waals surface area contributed by atoms with Crippen LogP contribution in [0.1, 0.15) is 50.7 Å². The summed E-state index contributed by atoms with van der Waals surface area (Å²) in [4.78, 5) is 17.4. The van der Waals surface area contributed by atoms with Gasteiger partial charge in [-0.2, -0.15) is 0 Å². The maximum atomic E-state index is 12.9. The highest BCUT2D eigenvalue weighted by Crippen LogP contribution is 2.24. The third kappa shape index (κ3) is 4.47. The van der Waals surface area contributed by atoms with E-state index in [1.54, 1.807) is 6.26 Å². The van der Waals surface area contributed by atoms with E-state index in [1.165, 1.54) is 18.4 Å². The first kappa shape index (κ1) is 16.3. The van der Waals surface area contributed by atoms with E-state index in [0.29, 0.717) is 19.0 Å². The zero-order valence-electron chi connectivity index (χ0n) is 14.2. The molecule has 1 amide bonds. The van der Waals surface area contributed by atoms with Gasteiger partial charge >= 0.3 is 0 Å². The van der Waals surface area contributed by atoms with Gasteiger partial charge in [-0.1, -0.05) is 11.6 Å². The fourth-order valence-corrected chi connectivity index (χ4v) is 3.66. The van der Waals surface area contributed by atoms with Crippen molar-refractivity contribution in [1.82, 2.24) is 9.80 Å². The number of nitrogens with zero attached hydrogens (tertiary/aromatic N) is 2. The summed E-state index contributed by atoms with van der Waals surface area (Å²) in [5, 5.41) is 0. The van der Waals surface area contributed by atoms with E-state index < -0.39 is 0 Å². The fourth-order valence-electron chi connectivity index (χ4n) is 3.66. The molecule has 23 heavy (non-hydrogen) atoms. The highest BCUT2D eigenvalue weighted by molar-refractivity contribution is 5.79. The molecule has 0 radical (unpaired) electrons. The number of piperidine rings is 1. The molecule has 0 atom stereocenters. The quantitative estimate of drug-likeness (QED) is 0.779. The Labute approximate surface area is 139 Å². The Morgan fingerprint density at radius 2 is 2.17 bits per heavy atom. The Bertz CT molecular complexity index is 528. The minimum Gasteiger partial charge on any atom is -0.467 e. The van der Waals surface area contributed by atoms with Gasteiger partial charge in [0.25, 0.3) is 0 Å². The van der Waals surface area contributed by atoms with Crippen LogP contribution in [0.3, 0.4) is 0 Å². The highest BCUT2D eigenvalue weighted by atomic mass is 16.3. The molecule has 1 aromatic heterocycles. The van der Waals surface area contributed by atoms with E-state index >= 15 is 0 Å². The summed E-state index contributed by atoms with van der Waals surface area (Å²) in [5.74, 6) is 1.15. The third-order valence-corrected chi connectivity index (χ3v) is 5.12. The smallest absolute Gasteiger partial charge is 0.227 e. The summed E-state index contributed by atoms with van der Waals surface area (Å²) in [6.07, 6.45) is 11.4. The molecule has 2 aliphatic rings. The van der Waals surface area contributed by atoms with Crippen LogP contribution in [0.4, 0.5) is 0 Å². The molecule has 0 bridgehead atoms. The normalized spacial score (nSPS) is 20.3. The van der Waals surface area contributed by atoms with E-state index in [1.807, 2.05) is 12.1 Å². The van der Waals surface area contributed by atoms with E-state index in [0.717, 1.165) is 44.5 Å². The summed E-state index contributed by atoms with van der Waals surface area (Å²) in [6, 6.07) is 4.21. The molecular formula is C19H28N2O2. The van der Waals surface area contributed by atoms with Gasteiger partial charge < -0.3 is 14.2 Å². The molecule has 1 fully saturated rings. The van der Waals surface area contributed by atoms with Crippen LogP contribution >= 0.6 is 0 Å². The molecule has 126 valence electrons. The lowest BCUT2D eigenvalue weighted by Gasteiger charge is -2.37. The van der Waals surface area contributed by atoms with Crippen molar-refractivity contribution in [3.8, 4) is 0 Å². The summed E-state index contributed by atoms with van der Waals surface area (Å²) in [5.41, 5.74) is 1.33. The van der Waals surface area contributed by atoms with Crippen molar-refractivity contribution in [2.24, 2.45) is 0 Å². The van der Waals surface area contributed by atoms with E-state index in [-0.39, 0.29) is 5.91 Å². The third-order valence-electron chi connectivity index (χ3n) is 5.12. The van der Waals surface area contributed by atoms with Crippen LogP contribution in [0.15, 0.2) is 34.5 Å². The minimum atomic E-state index is 0.268. The second-order valence-corrected chi connectivity index (χ2v) is 6.92. The Morgan fingerprint density at radius 1 is 1.35 bits per heavy atom. The standard InChI is InChI=1S/C19H28N2O2/c1-20-11-9-17(10-12-20)21(15-18-8-5-13-23-18)19(22)14-16-6-3-2-4-7-16/h5-6,8,13,17H,2-4,7,9-12,14-15H2,1H3. The van der Waals surface area contributed by atoms with Crippen LogP contribution in [0.5, 0.6) is 0 Å². The van der Waals surface area contributed by atoms with Gasteiger partial charge in [0.05, 0.1) is 12.8 Å². The summed E-state index contributed by atoms with van der Waals surface area (Å²) in [6.45, 7) is 2.73. The van der Waals surface area contributed by atoms with Crippen molar-refractivity contribution < 1.29 is 9.21 Å². The number of rotatable bonds is 5. The molecule has 4 nitrogen and oxygen atoms in total. The first-order valence-electron chi connectivity index (χ1n) is 8.90. The molecular weight excluding hydrogens is 288 g/mol. The largest absolute Gasteiger partial charge is 0.467 e. The molecule has 0 N–H and O–H groups in total. The first-order chi connectivity index (χ1) is 11.2. The van der Waals surface area contributed by atoms with Gasteiger partial charge in [0, 0.05) is 12.5 Å². The van der Waals surface area contributed by atoms with Crippen molar-refractivity contribution in [1.29, 1.82) is 0 Å². The lowest BCUT2D eigenvalue weighted by atomic mass is 9.96. The molecule has 4 heteroatoms. The molecule has 0 unspecified atom stereocenters. The van der Waals surface area contributed by atoms with Crippen LogP contribution in [-0.4, -0.2) is 41.9 Å². The predicted molar refractivity (Wildman–Crippen MR) is 90.9 cm³/mol. The monoisotopic (exact) mass is 316 g/mol. The summed E-state index contributed by atoms with van der Waals surface area (Å²) in [7, 11) is 2.15. The number of amides is 1. The number of likely N-dealkylation sites (tertiary alicyclic amines) is 1. The second kappa shape index (κ2) is 7.82. The molecule has 1 aromatic rings. The van der Waals surface area contributed by atoms with Crippen molar-refractivity contribution >= 4 is 5.91 Å². The minimum absolute atomic E-state index is 0.268. The molecule has 2 heterocycles. The first-order valence-corrected chi connectivity index (χ1v) is 8.90. The molecule has 0 spiro atoms. The average Bonchev–Trinajstić information content (AvgIpc) is 3.08. The number of furan rings is 1. The van der Waals surface area contributed by atoms with E-state index in [4.69, 9.17) is 4.42 Å². The fraction of sp³-hybridized carbons (Fsp3) is 0.632. The lowest BCUT2D eigenvalue weighted by molar-refractivity contribution is -0.134. The number of carbonyl (C=O) groups excluding carboxylic acids is 1. The second-order valence-electron chi connectivity index (χ2n) is 6.92. The average molecular weight is 316 g/mol. The maximum Gasteiger partial charge on any atom is 0.227 e. The predicted octanol–water partition coefficient (Wildman–Crippen LogP) is 3.59. The van der Waals surface area contributed by atoms with Crippen LogP contribution in [0.2, 0.25) is 0 Å². The Hall–Kier alpha value is -1.55. The van der Waals surface area contributed by atoms with Gasteiger partial charge in [0.1, 0.15) is 5.76 Å². The van der Waals surface area contributed by atoms with E-state index in [2.05, 4.69) is 22.9 Å². The van der Waals surface area contributed by atoms with Crippen LogP contribution < -0.4 is 0 Å². The molecule has 1 aliphatic carbocycles. The number of hydrogen-bond acceptors (Lipinski definition) is 3. The van der Waals surface area contributed by atoms with Gasteiger partial charge in [0.15, 0.2) is 0 Å². The molecule has 0 aromatic carbocycles. The lowest BCUT2D eigenvalue weighted by Crippen LogP contribution is -2.46. The summed E-state index contributed by atoms with van der Waals surface area (Å²) < 4.78 is 5.50. The van der Waals surface area contributed by atoms with Gasteiger partial charge in [0.2, 0.25) is 5.91 Å². The van der Waals surface area contributed by atoms with Crippen LogP contribution in [-0.2, 0) is 11.3 Å². The van der Waals surface area contributed by atoms with Crippen molar-refractivity contribution in [2.45, 2.75) is 57.5 Å². The zero-order valence-corrected chi connectivity index (χ0v) is 14.2. The van der Waals surface area contributed by atoms with Crippen LogP contribution in [0, 0.1) is 0 Å². The molecule has 3 rings (SSSR count). The van der Waals surface area contributed by atoms with E-state index in [9.17, 15) is 4.79 Å². The van der Waals surface area contributed by atoms with Crippen molar-refractivity contribution in [3.63, 3.8) is 0 Å². The maximum absolute atomic E-state index is 12.9. The highest BCUT2D eigenvalue weighted by Gasteiger charge is 2.28. The SMILES string of the molecule is CN1CCC(N(Cc2ccco2)C(=O)CC2=CCCCC2)CC1. The van der Waals surface area contributed by atoms with Crippen molar-refractivity contribution in [3.05, 3.63) is 35.8 Å². The van der Waals surface area contributed by atoms with Gasteiger partial charge in [-0.15, -0.1) is 0 Å².